The van der Waals surface area contributed by atoms with E-state index >= 15 is 0 Å². The summed E-state index contributed by atoms with van der Waals surface area (Å²) in [7, 11) is 6.29. The summed E-state index contributed by atoms with van der Waals surface area (Å²) in [5.74, 6) is -2.94. The maximum Gasteiger partial charge on any atom is 0.338 e. The minimum Gasteiger partial charge on any atom is -0.455 e. The zero-order chi connectivity index (χ0) is 30.7. The van der Waals surface area contributed by atoms with Crippen LogP contribution in [0.2, 0.25) is 0 Å². The van der Waals surface area contributed by atoms with Gasteiger partial charge in [-0.15, -0.1) is 0 Å². The van der Waals surface area contributed by atoms with E-state index in [2.05, 4.69) is 11.8 Å². The molecule has 1 aliphatic heterocycles. The maximum atomic E-state index is 13.6. The van der Waals surface area contributed by atoms with Crippen LogP contribution in [0.15, 0.2) is 30.3 Å². The first-order valence-electron chi connectivity index (χ1n) is 15.5. The predicted molar refractivity (Wildman–Crippen MR) is 151 cm³/mol. The van der Waals surface area contributed by atoms with Gasteiger partial charge in [0.15, 0.2) is 0 Å². The predicted octanol–water partition coefficient (Wildman–Crippen LogP) is 0.0773. The van der Waals surface area contributed by atoms with Crippen LogP contribution in [0.4, 0.5) is 0 Å². The number of ether oxygens (including phenoxy) is 5. The number of methoxy groups -OCH3 is 4. The standard InChI is InChI=1S/C32H45NO10/c1-6-33-14-29(15-39-2)18(34)12-19(40-3)31-17-13-30(37)26(43-28(36)16-10-8-7-9-11-16)20(17)32(38,25(35)27(30)42-5)21(24(31)33)22(41-4)23(29)31/h7-11,17-27,34-35,37-38H,6,12-15H2,1-5H3/t17?,18-,19+,20?,21?,22+,23?,24?,25+,26-,27+,29+,30?,31+,32+/m1/s1. The topological polar surface area (TPSA) is 147 Å². The number of piperidine rings is 1. The molecule has 1 spiro atoms. The van der Waals surface area contributed by atoms with Crippen LogP contribution in [-0.2, 0) is 23.7 Å². The number of carbonyl (C=O) groups excluding carboxylic acids is 1. The van der Waals surface area contributed by atoms with Gasteiger partial charge in [0.05, 0.1) is 30.5 Å². The lowest BCUT2D eigenvalue weighted by molar-refractivity contribution is -0.320. The van der Waals surface area contributed by atoms with Crippen molar-refractivity contribution in [3.8, 4) is 0 Å². The number of aliphatic hydroxyl groups is 4. The Morgan fingerprint density at radius 3 is 2.33 bits per heavy atom. The third kappa shape index (κ3) is 3.28. The van der Waals surface area contributed by atoms with Gasteiger partial charge in [0.25, 0.3) is 0 Å². The highest BCUT2D eigenvalue weighted by molar-refractivity contribution is 5.89. The molecule has 6 fully saturated rings. The largest absolute Gasteiger partial charge is 0.455 e. The van der Waals surface area contributed by atoms with E-state index in [1.807, 2.05) is 0 Å². The fourth-order valence-corrected chi connectivity index (χ4v) is 11.9. The summed E-state index contributed by atoms with van der Waals surface area (Å²) >= 11 is 0. The Kier molecular flexibility index (Phi) is 6.92. The molecule has 0 aromatic heterocycles. The van der Waals surface area contributed by atoms with Crippen LogP contribution in [0, 0.1) is 34.5 Å². The van der Waals surface area contributed by atoms with E-state index in [9.17, 15) is 25.2 Å². The Labute approximate surface area is 252 Å². The van der Waals surface area contributed by atoms with E-state index in [0.717, 1.165) is 0 Å². The number of carbonyl (C=O) groups is 1. The normalized spacial score (nSPS) is 52.7. The molecule has 43 heavy (non-hydrogen) atoms. The highest BCUT2D eigenvalue weighted by Gasteiger charge is 2.91. The van der Waals surface area contributed by atoms with Crippen molar-refractivity contribution >= 4 is 5.97 Å². The van der Waals surface area contributed by atoms with Crippen LogP contribution in [0.3, 0.4) is 0 Å². The van der Waals surface area contributed by atoms with Crippen molar-refractivity contribution in [2.24, 2.45) is 34.5 Å². The fraction of sp³-hybridized carbons (Fsp3) is 0.781. The maximum absolute atomic E-state index is 13.6. The Hall–Kier alpha value is -1.67. The number of fused-ring (bicyclic) bond motifs is 2. The molecule has 1 saturated heterocycles. The monoisotopic (exact) mass is 603 g/mol. The van der Waals surface area contributed by atoms with Gasteiger partial charge in [-0.3, -0.25) is 4.90 Å². The Balaban J connectivity index is 1.48. The van der Waals surface area contributed by atoms with Crippen LogP contribution < -0.4 is 0 Å². The molecule has 1 aromatic carbocycles. The Morgan fingerprint density at radius 1 is 1.00 bits per heavy atom. The summed E-state index contributed by atoms with van der Waals surface area (Å²) in [4.78, 5) is 15.8. The molecule has 11 heteroatoms. The number of hydrogen-bond acceptors (Lipinski definition) is 11. The molecule has 7 rings (SSSR count). The van der Waals surface area contributed by atoms with E-state index in [1.54, 1.807) is 51.7 Å². The van der Waals surface area contributed by atoms with Crippen molar-refractivity contribution in [3.05, 3.63) is 35.9 Å². The minimum atomic E-state index is -1.86. The quantitative estimate of drug-likeness (QED) is 0.300. The SMILES string of the molecule is CCN1C[C@@]2(COC)C3[C@@H](OC)C4C1[C@@]3(C1CC3(O)[C@H](OC(=O)c5ccccc5)C1[C@@]4(O)[C@@H](O)[C@@H]3OC)[C@@H](OC)C[C@H]2O. The van der Waals surface area contributed by atoms with Gasteiger partial charge < -0.3 is 44.1 Å². The molecule has 5 saturated carbocycles. The van der Waals surface area contributed by atoms with Gasteiger partial charge in [0.2, 0.25) is 0 Å². The average molecular weight is 604 g/mol. The van der Waals surface area contributed by atoms with Crippen molar-refractivity contribution in [2.45, 2.75) is 73.6 Å². The van der Waals surface area contributed by atoms with Gasteiger partial charge in [-0.2, -0.15) is 0 Å². The molecule has 6 unspecified atom stereocenters. The second-order valence-corrected chi connectivity index (χ2v) is 13.9. The Bertz CT molecular complexity index is 1250. The third-order valence-corrected chi connectivity index (χ3v) is 12.9. The van der Waals surface area contributed by atoms with E-state index < -0.39 is 82.4 Å². The number of rotatable bonds is 8. The fourth-order valence-electron chi connectivity index (χ4n) is 11.9. The van der Waals surface area contributed by atoms with Crippen molar-refractivity contribution in [3.63, 3.8) is 0 Å². The first-order valence-corrected chi connectivity index (χ1v) is 15.5. The van der Waals surface area contributed by atoms with Gasteiger partial charge in [0.1, 0.15) is 29.5 Å². The van der Waals surface area contributed by atoms with Crippen molar-refractivity contribution < 1.29 is 48.9 Å². The molecule has 15 atom stereocenters. The van der Waals surface area contributed by atoms with Crippen LogP contribution in [0.1, 0.15) is 30.1 Å². The van der Waals surface area contributed by atoms with Crippen LogP contribution in [0.25, 0.3) is 0 Å². The lowest BCUT2D eigenvalue weighted by Crippen LogP contribution is -2.81. The molecule has 1 heterocycles. The zero-order valence-corrected chi connectivity index (χ0v) is 25.5. The second kappa shape index (κ2) is 9.91. The zero-order valence-electron chi connectivity index (χ0n) is 25.5. The number of hydrogen-bond donors (Lipinski definition) is 4. The molecule has 0 radical (unpaired) electrons. The minimum absolute atomic E-state index is 0.106. The van der Waals surface area contributed by atoms with Gasteiger partial charge in [-0.1, -0.05) is 25.1 Å². The lowest BCUT2D eigenvalue weighted by atomic mass is 9.42. The van der Waals surface area contributed by atoms with Crippen molar-refractivity contribution in [1.29, 1.82) is 0 Å². The number of likely N-dealkylation sites (tertiary alicyclic amines) is 1. The van der Waals surface area contributed by atoms with Crippen LogP contribution in [-0.4, -0.2) is 133 Å². The molecule has 0 amide bonds. The second-order valence-electron chi connectivity index (χ2n) is 13.9. The smallest absolute Gasteiger partial charge is 0.338 e. The summed E-state index contributed by atoms with van der Waals surface area (Å²) in [5.41, 5.74) is -4.81. The first kappa shape index (κ1) is 30.0. The highest BCUT2D eigenvalue weighted by atomic mass is 16.6. The number of nitrogens with zero attached hydrogens (tertiary/aromatic N) is 1. The molecular weight excluding hydrogens is 558 g/mol. The number of esters is 1. The summed E-state index contributed by atoms with van der Waals surface area (Å²) in [6.07, 6.45) is -5.27. The molecule has 238 valence electrons. The van der Waals surface area contributed by atoms with Crippen molar-refractivity contribution in [2.75, 3.05) is 48.1 Å². The summed E-state index contributed by atoms with van der Waals surface area (Å²) in [5, 5.41) is 49.7. The van der Waals surface area contributed by atoms with Gasteiger partial charge in [0, 0.05) is 76.0 Å². The molecule has 4 N–H and O–H groups in total. The van der Waals surface area contributed by atoms with Gasteiger partial charge in [-0.05, 0) is 31.0 Å². The summed E-state index contributed by atoms with van der Waals surface area (Å²) < 4.78 is 30.5. The molecule has 11 nitrogen and oxygen atoms in total. The number of aliphatic hydroxyl groups excluding tert-OH is 2. The average Bonchev–Trinajstić information content (AvgIpc) is 3.39. The van der Waals surface area contributed by atoms with Crippen LogP contribution in [0.5, 0.6) is 0 Å². The van der Waals surface area contributed by atoms with E-state index in [1.165, 1.54) is 7.11 Å². The van der Waals surface area contributed by atoms with Gasteiger partial charge in [-0.25, -0.2) is 4.79 Å². The first-order chi connectivity index (χ1) is 20.6. The molecular formula is C32H45NO10. The summed E-state index contributed by atoms with van der Waals surface area (Å²) in [6.45, 7) is 3.46. The molecule has 5 aliphatic carbocycles. The number of benzene rings is 1. The van der Waals surface area contributed by atoms with Crippen LogP contribution >= 0.6 is 0 Å². The molecule has 6 aliphatic rings. The van der Waals surface area contributed by atoms with Crippen molar-refractivity contribution in [1.82, 2.24) is 4.90 Å². The van der Waals surface area contributed by atoms with Gasteiger partial charge >= 0.3 is 5.97 Å². The third-order valence-electron chi connectivity index (χ3n) is 12.9. The van der Waals surface area contributed by atoms with E-state index in [4.69, 9.17) is 23.7 Å². The van der Waals surface area contributed by atoms with E-state index in [-0.39, 0.29) is 25.0 Å². The Morgan fingerprint density at radius 2 is 1.72 bits per heavy atom. The van der Waals surface area contributed by atoms with E-state index in [0.29, 0.717) is 25.1 Å². The lowest BCUT2D eigenvalue weighted by Gasteiger charge is -2.70. The molecule has 1 aromatic rings. The highest BCUT2D eigenvalue weighted by Crippen LogP contribution is 2.80. The summed E-state index contributed by atoms with van der Waals surface area (Å²) in [6, 6.07) is 8.25. The molecule has 7 bridgehead atoms.